The second kappa shape index (κ2) is 11.7. The van der Waals surface area contributed by atoms with Gasteiger partial charge in [-0.3, -0.25) is 19.5 Å². The first-order valence-corrected chi connectivity index (χ1v) is 13.1. The molecule has 2 aliphatic heterocycles. The van der Waals surface area contributed by atoms with E-state index in [1.807, 2.05) is 30.3 Å². The number of fused-ring (bicyclic) bond motifs is 1. The number of amides is 2. The molecule has 0 spiro atoms. The number of piperazine rings is 1. The molecule has 3 aromatic rings. The minimum Gasteiger partial charge on any atom is -0.465 e. The summed E-state index contributed by atoms with van der Waals surface area (Å²) in [5.41, 5.74) is 4.78. The molecular formula is C30H32N6O4. The number of benzene rings is 2. The van der Waals surface area contributed by atoms with Gasteiger partial charge in [0.05, 0.1) is 36.2 Å². The van der Waals surface area contributed by atoms with Crippen LogP contribution in [0.3, 0.4) is 0 Å². The molecule has 206 valence electrons. The molecule has 10 nitrogen and oxygen atoms in total. The number of pyridine rings is 1. The third-order valence-electron chi connectivity index (χ3n) is 7.24. The molecule has 0 unspecified atom stereocenters. The number of aromatic nitrogens is 1. The number of esters is 1. The van der Waals surface area contributed by atoms with Gasteiger partial charge in [0.25, 0.3) is 5.91 Å². The summed E-state index contributed by atoms with van der Waals surface area (Å²) >= 11 is 0. The topological polar surface area (TPSA) is 107 Å². The van der Waals surface area contributed by atoms with Crippen molar-refractivity contribution in [1.29, 1.82) is 0 Å². The van der Waals surface area contributed by atoms with Crippen molar-refractivity contribution in [2.45, 2.75) is 0 Å². The average molecular weight is 541 g/mol. The van der Waals surface area contributed by atoms with Crippen molar-refractivity contribution in [1.82, 2.24) is 14.8 Å². The lowest BCUT2D eigenvalue weighted by Crippen LogP contribution is -2.48. The van der Waals surface area contributed by atoms with Gasteiger partial charge in [0.2, 0.25) is 5.91 Å². The van der Waals surface area contributed by atoms with E-state index in [9.17, 15) is 14.4 Å². The van der Waals surface area contributed by atoms with E-state index in [-0.39, 0.29) is 11.8 Å². The zero-order chi connectivity index (χ0) is 28.2. The van der Waals surface area contributed by atoms with Gasteiger partial charge in [-0.05, 0) is 55.6 Å². The average Bonchev–Trinajstić information content (AvgIpc) is 3.31. The summed E-state index contributed by atoms with van der Waals surface area (Å²) in [7, 11) is 5.19. The fourth-order valence-electron chi connectivity index (χ4n) is 4.82. The van der Waals surface area contributed by atoms with Crippen LogP contribution in [0.25, 0.3) is 11.3 Å². The van der Waals surface area contributed by atoms with Crippen LogP contribution in [-0.4, -0.2) is 86.5 Å². The van der Waals surface area contributed by atoms with Crippen molar-refractivity contribution in [3.05, 3.63) is 83.7 Å². The Morgan fingerprint density at radius 2 is 1.80 bits per heavy atom. The van der Waals surface area contributed by atoms with Crippen molar-refractivity contribution >= 4 is 46.1 Å². The number of hydrogen-bond acceptors (Lipinski definition) is 8. The lowest BCUT2D eigenvalue weighted by atomic mass is 9.99. The van der Waals surface area contributed by atoms with Gasteiger partial charge in [-0.25, -0.2) is 4.79 Å². The molecule has 2 N–H and O–H groups in total. The predicted octanol–water partition coefficient (Wildman–Crippen LogP) is 3.01. The molecule has 0 radical (unpaired) electrons. The minimum absolute atomic E-state index is 0.0361. The summed E-state index contributed by atoms with van der Waals surface area (Å²) in [6.07, 6.45) is 3.35. The second-order valence-electron chi connectivity index (χ2n) is 9.90. The number of anilines is 3. The first-order chi connectivity index (χ1) is 19.3. The van der Waals surface area contributed by atoms with Gasteiger partial charge >= 0.3 is 5.97 Å². The molecule has 2 aliphatic rings. The van der Waals surface area contributed by atoms with Gasteiger partial charge < -0.3 is 25.2 Å². The Morgan fingerprint density at radius 3 is 2.48 bits per heavy atom. The lowest BCUT2D eigenvalue weighted by Gasteiger charge is -2.32. The molecule has 5 rings (SSSR count). The maximum Gasteiger partial charge on any atom is 0.337 e. The summed E-state index contributed by atoms with van der Waals surface area (Å²) in [5.74, 6) is -0.740. The Bertz CT molecular complexity index is 1450. The number of nitrogens with zero attached hydrogens (tertiary/aromatic N) is 4. The third-order valence-corrected chi connectivity index (χ3v) is 7.24. The zero-order valence-corrected chi connectivity index (χ0v) is 22.8. The normalized spacial score (nSPS) is 16.6. The molecule has 1 saturated heterocycles. The number of carbonyl (C=O) groups excluding carboxylic acids is 3. The number of methoxy groups -OCH3 is 1. The van der Waals surface area contributed by atoms with Gasteiger partial charge in [0.1, 0.15) is 0 Å². The van der Waals surface area contributed by atoms with Crippen LogP contribution >= 0.6 is 0 Å². The Hall–Kier alpha value is -4.54. The van der Waals surface area contributed by atoms with Crippen LogP contribution in [0.4, 0.5) is 17.1 Å². The molecule has 0 saturated carbocycles. The van der Waals surface area contributed by atoms with Crippen molar-refractivity contribution in [2.75, 3.05) is 69.5 Å². The molecule has 3 heterocycles. The van der Waals surface area contributed by atoms with Crippen LogP contribution < -0.4 is 15.5 Å². The molecular weight excluding hydrogens is 508 g/mol. The fraction of sp³-hybridized carbons (Fsp3) is 0.267. The van der Waals surface area contributed by atoms with Gasteiger partial charge in [-0.2, -0.15) is 0 Å². The van der Waals surface area contributed by atoms with Gasteiger partial charge in [0.15, 0.2) is 0 Å². The standard InChI is InChI=1S/C30H32N6O4/c1-34-13-15-36(16-14-34)19-26(37)35(2)23-9-7-22(8-10-23)32-28(21-5-4-12-31-18-21)27-24-11-6-20(30(39)40-3)17-25(24)33-29(27)38/h4-12,17-18,32H,13-16,19H2,1-3H3,(H,33,38). The number of hydrogen-bond donors (Lipinski definition) is 2. The highest BCUT2D eigenvalue weighted by Crippen LogP contribution is 2.38. The minimum atomic E-state index is -0.479. The highest BCUT2D eigenvalue weighted by molar-refractivity contribution is 6.37. The van der Waals surface area contributed by atoms with Crippen LogP contribution in [0, 0.1) is 0 Å². The first kappa shape index (κ1) is 27.0. The summed E-state index contributed by atoms with van der Waals surface area (Å²) in [5, 5.41) is 6.25. The van der Waals surface area contributed by atoms with Crippen LogP contribution in [0.1, 0.15) is 21.5 Å². The molecule has 2 aromatic carbocycles. The monoisotopic (exact) mass is 540 g/mol. The Kier molecular flexibility index (Phi) is 7.90. The number of ether oxygens (including phenoxy) is 1. The van der Waals surface area contributed by atoms with Crippen molar-refractivity contribution in [2.24, 2.45) is 0 Å². The van der Waals surface area contributed by atoms with Crippen LogP contribution in [0.2, 0.25) is 0 Å². The zero-order valence-electron chi connectivity index (χ0n) is 22.8. The highest BCUT2D eigenvalue weighted by Gasteiger charge is 2.29. The molecule has 10 heteroatoms. The highest BCUT2D eigenvalue weighted by atomic mass is 16.5. The Labute approximate surface area is 233 Å². The van der Waals surface area contributed by atoms with E-state index in [1.165, 1.54) is 7.11 Å². The fourth-order valence-corrected chi connectivity index (χ4v) is 4.82. The van der Waals surface area contributed by atoms with E-state index < -0.39 is 5.97 Å². The Balaban J connectivity index is 1.40. The van der Waals surface area contributed by atoms with Gasteiger partial charge in [-0.15, -0.1) is 0 Å². The van der Waals surface area contributed by atoms with Gasteiger partial charge in [0, 0.05) is 68.1 Å². The van der Waals surface area contributed by atoms with E-state index in [4.69, 9.17) is 4.74 Å². The molecule has 0 aliphatic carbocycles. The predicted molar refractivity (Wildman–Crippen MR) is 155 cm³/mol. The van der Waals surface area contributed by atoms with Crippen LogP contribution in [0.5, 0.6) is 0 Å². The SMILES string of the molecule is COC(=O)c1ccc2c(c1)NC(=O)C2=C(Nc1ccc(N(C)C(=O)CN2CCN(C)CC2)cc1)c1cccnc1. The number of carbonyl (C=O) groups is 3. The van der Waals surface area contributed by atoms with E-state index in [1.54, 1.807) is 48.6 Å². The number of likely N-dealkylation sites (N-methyl/N-ethyl adjacent to an activating group) is 2. The summed E-state index contributed by atoms with van der Waals surface area (Å²) < 4.78 is 4.82. The molecule has 2 amide bonds. The quantitative estimate of drug-likeness (QED) is 0.348. The summed E-state index contributed by atoms with van der Waals surface area (Å²) in [4.78, 5) is 48.5. The van der Waals surface area contributed by atoms with Gasteiger partial charge in [-0.1, -0.05) is 6.07 Å². The number of rotatable bonds is 7. The van der Waals surface area contributed by atoms with Crippen molar-refractivity contribution < 1.29 is 19.1 Å². The summed E-state index contributed by atoms with van der Waals surface area (Å²) in [6.45, 7) is 4.06. The smallest absolute Gasteiger partial charge is 0.337 e. The summed E-state index contributed by atoms with van der Waals surface area (Å²) in [6, 6.07) is 16.1. The maximum atomic E-state index is 13.2. The first-order valence-electron chi connectivity index (χ1n) is 13.1. The molecule has 1 aromatic heterocycles. The third kappa shape index (κ3) is 5.73. The molecule has 1 fully saturated rings. The maximum absolute atomic E-state index is 13.2. The van der Waals surface area contributed by atoms with E-state index in [2.05, 4.69) is 32.5 Å². The second-order valence-corrected chi connectivity index (χ2v) is 9.90. The van der Waals surface area contributed by atoms with E-state index in [0.29, 0.717) is 34.6 Å². The molecule has 40 heavy (non-hydrogen) atoms. The molecule has 0 bridgehead atoms. The largest absolute Gasteiger partial charge is 0.465 e. The van der Waals surface area contributed by atoms with Crippen molar-refractivity contribution in [3.63, 3.8) is 0 Å². The van der Waals surface area contributed by atoms with Crippen LogP contribution in [0.15, 0.2) is 67.0 Å². The Morgan fingerprint density at radius 1 is 1.05 bits per heavy atom. The van der Waals surface area contributed by atoms with Crippen molar-refractivity contribution in [3.8, 4) is 0 Å². The number of nitrogens with one attached hydrogen (secondary N) is 2. The van der Waals surface area contributed by atoms with E-state index >= 15 is 0 Å². The molecule has 0 atom stereocenters. The van der Waals surface area contributed by atoms with E-state index in [0.717, 1.165) is 43.1 Å². The lowest BCUT2D eigenvalue weighted by molar-refractivity contribution is -0.119. The van der Waals surface area contributed by atoms with Crippen LogP contribution in [-0.2, 0) is 14.3 Å².